The molecular formula is C19H33Cl2N5O2. The number of piperazine rings is 1. The van der Waals surface area contributed by atoms with Gasteiger partial charge >= 0.3 is 0 Å². The average molecular weight is 434 g/mol. The number of hydrogen-bond acceptors (Lipinski definition) is 6. The lowest BCUT2D eigenvalue weighted by Gasteiger charge is -2.35. The van der Waals surface area contributed by atoms with Crippen molar-refractivity contribution >= 4 is 30.7 Å². The van der Waals surface area contributed by atoms with E-state index in [2.05, 4.69) is 46.0 Å². The van der Waals surface area contributed by atoms with E-state index in [1.807, 2.05) is 0 Å². The smallest absolute Gasteiger partial charge is 0.232 e. The van der Waals surface area contributed by atoms with Gasteiger partial charge in [0.05, 0.1) is 6.54 Å². The molecule has 0 radical (unpaired) electrons. The molecule has 28 heavy (non-hydrogen) atoms. The van der Waals surface area contributed by atoms with Gasteiger partial charge in [0.25, 0.3) is 0 Å². The SMILES string of the molecule is CC(C)(C)c1nc(CN2CCN(C(=O)C3CC34CCNCC4)CC2)no1.Cl.Cl. The highest BCUT2D eigenvalue weighted by molar-refractivity contribution is 5.85. The van der Waals surface area contributed by atoms with Crippen molar-refractivity contribution in [1.82, 2.24) is 25.3 Å². The lowest BCUT2D eigenvalue weighted by atomic mass is 9.91. The molecule has 3 aliphatic rings. The van der Waals surface area contributed by atoms with Gasteiger partial charge in [0.15, 0.2) is 5.82 Å². The Morgan fingerprint density at radius 1 is 1.18 bits per heavy atom. The van der Waals surface area contributed by atoms with Crippen LogP contribution in [0.2, 0.25) is 0 Å². The van der Waals surface area contributed by atoms with Gasteiger partial charge in [0.1, 0.15) is 0 Å². The van der Waals surface area contributed by atoms with Gasteiger partial charge in [-0.3, -0.25) is 9.69 Å². The number of carbonyl (C=O) groups is 1. The van der Waals surface area contributed by atoms with Crippen LogP contribution in [0.5, 0.6) is 0 Å². The molecule has 2 saturated heterocycles. The fourth-order valence-corrected chi connectivity index (χ4v) is 4.34. The third kappa shape index (κ3) is 4.81. The molecule has 9 heteroatoms. The zero-order chi connectivity index (χ0) is 18.4. The fraction of sp³-hybridized carbons (Fsp3) is 0.842. The first kappa shape index (κ1) is 23.4. The Labute approximate surface area is 179 Å². The van der Waals surface area contributed by atoms with Crippen LogP contribution in [-0.2, 0) is 16.8 Å². The lowest BCUT2D eigenvalue weighted by Crippen LogP contribution is -2.49. The molecule has 1 aromatic rings. The van der Waals surface area contributed by atoms with E-state index < -0.39 is 0 Å². The van der Waals surface area contributed by atoms with Crippen molar-refractivity contribution in [3.8, 4) is 0 Å². The number of nitrogens with one attached hydrogen (secondary N) is 1. The van der Waals surface area contributed by atoms with Crippen molar-refractivity contribution in [2.45, 2.75) is 52.0 Å². The molecule has 1 saturated carbocycles. The Morgan fingerprint density at radius 2 is 1.82 bits per heavy atom. The predicted molar refractivity (Wildman–Crippen MR) is 112 cm³/mol. The summed E-state index contributed by atoms with van der Waals surface area (Å²) in [4.78, 5) is 21.8. The highest BCUT2D eigenvalue weighted by Crippen LogP contribution is 2.59. The van der Waals surface area contributed by atoms with Gasteiger partial charge in [-0.05, 0) is 37.8 Å². The summed E-state index contributed by atoms with van der Waals surface area (Å²) in [5.74, 6) is 2.09. The van der Waals surface area contributed by atoms with Crippen molar-refractivity contribution in [3.05, 3.63) is 11.7 Å². The topological polar surface area (TPSA) is 74.5 Å². The number of rotatable bonds is 3. The van der Waals surface area contributed by atoms with Crippen molar-refractivity contribution < 1.29 is 9.32 Å². The molecule has 0 aromatic carbocycles. The van der Waals surface area contributed by atoms with Crippen LogP contribution < -0.4 is 5.32 Å². The van der Waals surface area contributed by atoms with Gasteiger partial charge in [0, 0.05) is 37.5 Å². The summed E-state index contributed by atoms with van der Waals surface area (Å²) in [5.41, 5.74) is 0.207. The van der Waals surface area contributed by atoms with Crippen molar-refractivity contribution in [2.24, 2.45) is 11.3 Å². The molecule has 1 aliphatic carbocycles. The summed E-state index contributed by atoms with van der Waals surface area (Å²) >= 11 is 0. The number of nitrogens with zero attached hydrogens (tertiary/aromatic N) is 4. The fourth-order valence-electron chi connectivity index (χ4n) is 4.34. The summed E-state index contributed by atoms with van der Waals surface area (Å²) in [6.07, 6.45) is 3.43. The molecule has 1 atom stereocenters. The van der Waals surface area contributed by atoms with E-state index in [1.54, 1.807) is 0 Å². The van der Waals surface area contributed by atoms with Crippen LogP contribution >= 0.6 is 24.8 Å². The average Bonchev–Trinajstić information content (AvgIpc) is 3.07. The number of aromatic nitrogens is 2. The maximum atomic E-state index is 12.9. The molecule has 1 amide bonds. The molecule has 1 unspecified atom stereocenters. The molecule has 3 fully saturated rings. The third-order valence-electron chi connectivity index (χ3n) is 6.25. The molecule has 3 heterocycles. The highest BCUT2D eigenvalue weighted by atomic mass is 35.5. The Bertz CT molecular complexity index is 662. The second kappa shape index (κ2) is 8.86. The zero-order valence-electron chi connectivity index (χ0n) is 17.1. The second-order valence-electron chi connectivity index (χ2n) is 9.24. The molecule has 1 N–H and O–H groups in total. The Kier molecular flexibility index (Phi) is 7.40. The van der Waals surface area contributed by atoms with Crippen molar-refractivity contribution in [2.75, 3.05) is 39.3 Å². The van der Waals surface area contributed by atoms with Gasteiger partial charge in [-0.2, -0.15) is 4.98 Å². The van der Waals surface area contributed by atoms with Gasteiger partial charge < -0.3 is 14.7 Å². The number of hydrogen-bond donors (Lipinski definition) is 1. The Balaban J connectivity index is 0.00000140. The van der Waals surface area contributed by atoms with Crippen LogP contribution in [0.15, 0.2) is 4.52 Å². The van der Waals surface area contributed by atoms with Crippen LogP contribution in [0.1, 0.15) is 51.7 Å². The lowest BCUT2D eigenvalue weighted by molar-refractivity contribution is -0.135. The van der Waals surface area contributed by atoms with Crippen LogP contribution in [0.25, 0.3) is 0 Å². The Morgan fingerprint density at radius 3 is 2.39 bits per heavy atom. The van der Waals surface area contributed by atoms with Crippen LogP contribution in [0.4, 0.5) is 0 Å². The van der Waals surface area contributed by atoms with Gasteiger partial charge in [0.2, 0.25) is 11.8 Å². The summed E-state index contributed by atoms with van der Waals surface area (Å²) in [7, 11) is 0. The van der Waals surface area contributed by atoms with Crippen LogP contribution in [0, 0.1) is 11.3 Å². The molecule has 160 valence electrons. The minimum atomic E-state index is -0.120. The van der Waals surface area contributed by atoms with Crippen LogP contribution in [-0.4, -0.2) is 65.1 Å². The number of piperidine rings is 1. The summed E-state index contributed by atoms with van der Waals surface area (Å²) < 4.78 is 5.38. The monoisotopic (exact) mass is 433 g/mol. The zero-order valence-corrected chi connectivity index (χ0v) is 18.7. The second-order valence-corrected chi connectivity index (χ2v) is 9.24. The van der Waals surface area contributed by atoms with E-state index in [4.69, 9.17) is 4.52 Å². The quantitative estimate of drug-likeness (QED) is 0.787. The molecule has 2 aliphatic heterocycles. The standard InChI is InChI=1S/C19H31N5O2.2ClH/c1-18(2,3)17-21-15(22-26-17)13-23-8-10-24(11-9-23)16(25)14-12-19(14)4-6-20-7-5-19;;/h14,20H,4-13H2,1-3H3;2*1H. The molecule has 4 rings (SSSR count). The first-order chi connectivity index (χ1) is 12.4. The van der Waals surface area contributed by atoms with E-state index in [0.717, 1.165) is 64.4 Å². The number of amides is 1. The minimum absolute atomic E-state index is 0. The van der Waals surface area contributed by atoms with E-state index in [1.165, 1.54) is 0 Å². The first-order valence-corrected chi connectivity index (χ1v) is 9.92. The maximum Gasteiger partial charge on any atom is 0.232 e. The number of halogens is 2. The molecule has 0 bridgehead atoms. The van der Waals surface area contributed by atoms with Crippen molar-refractivity contribution in [1.29, 1.82) is 0 Å². The Hall–Kier alpha value is -0.890. The molecule has 1 aromatic heterocycles. The van der Waals surface area contributed by atoms with E-state index in [0.29, 0.717) is 23.8 Å². The van der Waals surface area contributed by atoms with Crippen LogP contribution in [0.3, 0.4) is 0 Å². The molecule has 1 spiro atoms. The summed E-state index contributed by atoms with van der Waals surface area (Å²) in [6, 6.07) is 0. The maximum absolute atomic E-state index is 12.9. The normalized spacial score (nSPS) is 24.4. The van der Waals surface area contributed by atoms with E-state index in [9.17, 15) is 4.79 Å². The minimum Gasteiger partial charge on any atom is -0.340 e. The highest BCUT2D eigenvalue weighted by Gasteiger charge is 2.58. The first-order valence-electron chi connectivity index (χ1n) is 9.92. The number of carbonyl (C=O) groups excluding carboxylic acids is 1. The third-order valence-corrected chi connectivity index (χ3v) is 6.25. The largest absolute Gasteiger partial charge is 0.340 e. The van der Waals surface area contributed by atoms with Gasteiger partial charge in [-0.15, -0.1) is 24.8 Å². The van der Waals surface area contributed by atoms with Gasteiger partial charge in [-0.1, -0.05) is 25.9 Å². The predicted octanol–water partition coefficient (Wildman–Crippen LogP) is 2.24. The summed E-state index contributed by atoms with van der Waals surface area (Å²) in [5, 5.41) is 7.52. The molecule has 7 nitrogen and oxygen atoms in total. The van der Waals surface area contributed by atoms with E-state index >= 15 is 0 Å². The van der Waals surface area contributed by atoms with Crippen molar-refractivity contribution in [3.63, 3.8) is 0 Å². The summed E-state index contributed by atoms with van der Waals surface area (Å²) in [6.45, 7) is 12.4. The molecular weight excluding hydrogens is 401 g/mol. The van der Waals surface area contributed by atoms with E-state index in [-0.39, 0.29) is 36.1 Å². The van der Waals surface area contributed by atoms with Gasteiger partial charge in [-0.25, -0.2) is 0 Å².